The smallest absolute Gasteiger partial charge is 0.257 e. The molecule has 0 saturated heterocycles. The molecule has 5 heteroatoms. The first kappa shape index (κ1) is 11.3. The zero-order chi connectivity index (χ0) is 12.3. The summed E-state index contributed by atoms with van der Waals surface area (Å²) < 4.78 is 5.04. The van der Waals surface area contributed by atoms with Crippen LogP contribution in [0.5, 0.6) is 0 Å². The number of aromatic nitrogens is 2. The van der Waals surface area contributed by atoms with Crippen molar-refractivity contribution in [1.29, 1.82) is 0 Å². The molecule has 0 bridgehead atoms. The van der Waals surface area contributed by atoms with E-state index in [1.54, 1.807) is 31.2 Å². The SMILES string of the molecule is CCNC(=O)c1ccc(-c2nc(C)no2)cc1. The maximum absolute atomic E-state index is 11.5. The lowest BCUT2D eigenvalue weighted by Gasteiger charge is -2.01. The Balaban J connectivity index is 2.21. The van der Waals surface area contributed by atoms with E-state index in [1.807, 2.05) is 6.92 Å². The van der Waals surface area contributed by atoms with Gasteiger partial charge in [0, 0.05) is 17.7 Å². The molecular weight excluding hydrogens is 218 g/mol. The second kappa shape index (κ2) is 4.78. The molecule has 0 aliphatic heterocycles. The van der Waals surface area contributed by atoms with Gasteiger partial charge in [0.1, 0.15) is 0 Å². The maximum atomic E-state index is 11.5. The Kier molecular flexibility index (Phi) is 3.18. The van der Waals surface area contributed by atoms with Gasteiger partial charge in [-0.25, -0.2) is 0 Å². The van der Waals surface area contributed by atoms with E-state index in [0.717, 1.165) is 5.56 Å². The van der Waals surface area contributed by atoms with Gasteiger partial charge in [0.25, 0.3) is 11.8 Å². The molecule has 1 aromatic carbocycles. The maximum Gasteiger partial charge on any atom is 0.257 e. The van der Waals surface area contributed by atoms with Gasteiger partial charge in [0.2, 0.25) is 0 Å². The molecule has 2 rings (SSSR count). The van der Waals surface area contributed by atoms with Crippen LogP contribution in [0.2, 0.25) is 0 Å². The zero-order valence-electron chi connectivity index (χ0n) is 9.73. The van der Waals surface area contributed by atoms with Gasteiger partial charge in [-0.3, -0.25) is 4.79 Å². The summed E-state index contributed by atoms with van der Waals surface area (Å²) in [7, 11) is 0. The topological polar surface area (TPSA) is 68.0 Å². The summed E-state index contributed by atoms with van der Waals surface area (Å²) in [6.45, 7) is 4.26. The summed E-state index contributed by atoms with van der Waals surface area (Å²) in [5, 5.41) is 6.45. The molecule has 0 saturated carbocycles. The summed E-state index contributed by atoms with van der Waals surface area (Å²) in [4.78, 5) is 15.6. The molecule has 1 amide bonds. The predicted molar refractivity (Wildman–Crippen MR) is 62.5 cm³/mol. The van der Waals surface area contributed by atoms with Crippen molar-refractivity contribution in [3.63, 3.8) is 0 Å². The number of carbonyl (C=O) groups excluding carboxylic acids is 1. The first-order valence-electron chi connectivity index (χ1n) is 5.39. The summed E-state index contributed by atoms with van der Waals surface area (Å²) in [6, 6.07) is 7.05. The molecule has 2 aromatic rings. The fourth-order valence-corrected chi connectivity index (χ4v) is 1.44. The van der Waals surface area contributed by atoms with E-state index >= 15 is 0 Å². The average Bonchev–Trinajstić information content (AvgIpc) is 2.76. The molecule has 1 N–H and O–H groups in total. The molecule has 0 atom stereocenters. The minimum absolute atomic E-state index is 0.0826. The number of hydrogen-bond donors (Lipinski definition) is 1. The van der Waals surface area contributed by atoms with Gasteiger partial charge in [-0.1, -0.05) is 5.16 Å². The van der Waals surface area contributed by atoms with Gasteiger partial charge in [-0.15, -0.1) is 0 Å². The zero-order valence-corrected chi connectivity index (χ0v) is 9.73. The summed E-state index contributed by atoms with van der Waals surface area (Å²) >= 11 is 0. The van der Waals surface area contributed by atoms with Gasteiger partial charge in [-0.05, 0) is 38.1 Å². The van der Waals surface area contributed by atoms with E-state index in [4.69, 9.17) is 4.52 Å². The highest BCUT2D eigenvalue weighted by atomic mass is 16.5. The van der Waals surface area contributed by atoms with E-state index in [-0.39, 0.29) is 5.91 Å². The van der Waals surface area contributed by atoms with E-state index in [2.05, 4.69) is 15.5 Å². The van der Waals surface area contributed by atoms with Crippen molar-refractivity contribution >= 4 is 5.91 Å². The van der Waals surface area contributed by atoms with Crippen LogP contribution in [-0.2, 0) is 0 Å². The Morgan fingerprint density at radius 1 is 1.35 bits per heavy atom. The third-order valence-electron chi connectivity index (χ3n) is 2.26. The first-order valence-corrected chi connectivity index (χ1v) is 5.39. The van der Waals surface area contributed by atoms with Gasteiger partial charge >= 0.3 is 0 Å². The van der Waals surface area contributed by atoms with Crippen molar-refractivity contribution in [2.45, 2.75) is 13.8 Å². The largest absolute Gasteiger partial charge is 0.352 e. The van der Waals surface area contributed by atoms with Crippen LogP contribution >= 0.6 is 0 Å². The van der Waals surface area contributed by atoms with E-state index in [0.29, 0.717) is 23.8 Å². The van der Waals surface area contributed by atoms with Crippen LogP contribution in [0.3, 0.4) is 0 Å². The number of aryl methyl sites for hydroxylation is 1. The fraction of sp³-hybridized carbons (Fsp3) is 0.250. The number of hydrogen-bond acceptors (Lipinski definition) is 4. The Hall–Kier alpha value is -2.17. The molecule has 1 aromatic heterocycles. The molecule has 5 nitrogen and oxygen atoms in total. The first-order chi connectivity index (χ1) is 8.20. The Labute approximate surface area is 98.8 Å². The summed E-state index contributed by atoms with van der Waals surface area (Å²) in [6.07, 6.45) is 0. The van der Waals surface area contributed by atoms with Gasteiger partial charge in [0.15, 0.2) is 5.82 Å². The number of amides is 1. The van der Waals surface area contributed by atoms with Crippen molar-refractivity contribution in [3.8, 4) is 11.5 Å². The normalized spacial score (nSPS) is 10.2. The summed E-state index contributed by atoms with van der Waals surface area (Å²) in [5.74, 6) is 0.971. The highest BCUT2D eigenvalue weighted by Gasteiger charge is 2.08. The van der Waals surface area contributed by atoms with Crippen LogP contribution in [0, 0.1) is 6.92 Å². The van der Waals surface area contributed by atoms with Crippen molar-refractivity contribution in [2.75, 3.05) is 6.54 Å². The number of nitrogens with one attached hydrogen (secondary N) is 1. The number of benzene rings is 1. The van der Waals surface area contributed by atoms with Gasteiger partial charge in [0.05, 0.1) is 0 Å². The van der Waals surface area contributed by atoms with E-state index < -0.39 is 0 Å². The fourth-order valence-electron chi connectivity index (χ4n) is 1.44. The quantitative estimate of drug-likeness (QED) is 0.874. The molecule has 0 fully saturated rings. The second-order valence-electron chi connectivity index (χ2n) is 3.58. The molecule has 0 spiro atoms. The van der Waals surface area contributed by atoms with Crippen LogP contribution in [-0.4, -0.2) is 22.6 Å². The molecule has 1 heterocycles. The third-order valence-corrected chi connectivity index (χ3v) is 2.26. The predicted octanol–water partition coefficient (Wildman–Crippen LogP) is 1.79. The van der Waals surface area contributed by atoms with Gasteiger partial charge < -0.3 is 9.84 Å². The highest BCUT2D eigenvalue weighted by molar-refractivity contribution is 5.94. The molecule has 0 unspecified atom stereocenters. The van der Waals surface area contributed by atoms with Crippen molar-refractivity contribution < 1.29 is 9.32 Å². The average molecular weight is 231 g/mol. The van der Waals surface area contributed by atoms with Crippen molar-refractivity contribution in [2.24, 2.45) is 0 Å². The van der Waals surface area contributed by atoms with Crippen LogP contribution in [0.1, 0.15) is 23.1 Å². The molecular formula is C12H13N3O2. The highest BCUT2D eigenvalue weighted by Crippen LogP contribution is 2.17. The molecule has 17 heavy (non-hydrogen) atoms. The third kappa shape index (κ3) is 2.50. The number of carbonyl (C=O) groups is 1. The van der Waals surface area contributed by atoms with Crippen LogP contribution in [0.4, 0.5) is 0 Å². The number of nitrogens with zero attached hydrogens (tertiary/aromatic N) is 2. The van der Waals surface area contributed by atoms with Gasteiger partial charge in [-0.2, -0.15) is 4.98 Å². The second-order valence-corrected chi connectivity index (χ2v) is 3.58. The van der Waals surface area contributed by atoms with Crippen LogP contribution in [0.15, 0.2) is 28.8 Å². The van der Waals surface area contributed by atoms with Crippen LogP contribution < -0.4 is 5.32 Å². The Morgan fingerprint density at radius 3 is 2.59 bits per heavy atom. The van der Waals surface area contributed by atoms with E-state index in [9.17, 15) is 4.79 Å². The summed E-state index contributed by atoms with van der Waals surface area (Å²) in [5.41, 5.74) is 1.42. The lowest BCUT2D eigenvalue weighted by Crippen LogP contribution is -2.22. The van der Waals surface area contributed by atoms with Crippen molar-refractivity contribution in [3.05, 3.63) is 35.7 Å². The van der Waals surface area contributed by atoms with Crippen LogP contribution in [0.25, 0.3) is 11.5 Å². The monoisotopic (exact) mass is 231 g/mol. The lowest BCUT2D eigenvalue weighted by atomic mass is 10.1. The van der Waals surface area contributed by atoms with Crippen molar-refractivity contribution in [1.82, 2.24) is 15.5 Å². The Bertz CT molecular complexity index is 517. The minimum Gasteiger partial charge on any atom is -0.352 e. The molecule has 0 aliphatic rings. The molecule has 0 aliphatic carbocycles. The van der Waals surface area contributed by atoms with E-state index in [1.165, 1.54) is 0 Å². The molecule has 0 radical (unpaired) electrons. The lowest BCUT2D eigenvalue weighted by molar-refractivity contribution is 0.0956. The minimum atomic E-state index is -0.0826. The Morgan fingerprint density at radius 2 is 2.06 bits per heavy atom. The number of rotatable bonds is 3. The molecule has 88 valence electrons. The standard InChI is InChI=1S/C12H13N3O2/c1-3-13-11(16)9-4-6-10(7-5-9)12-14-8(2)15-17-12/h4-7H,3H2,1-2H3,(H,13,16).